The highest BCUT2D eigenvalue weighted by Gasteiger charge is 2.25. The van der Waals surface area contributed by atoms with Gasteiger partial charge in [-0.05, 0) is 17.2 Å². The molecule has 102 valence electrons. The maximum Gasteiger partial charge on any atom is 0.142 e. The Morgan fingerprint density at radius 2 is 1.89 bits per heavy atom. The van der Waals surface area contributed by atoms with Gasteiger partial charge in [-0.2, -0.15) is 0 Å². The zero-order valence-electron chi connectivity index (χ0n) is 11.2. The van der Waals surface area contributed by atoms with E-state index in [1.165, 1.54) is 0 Å². The summed E-state index contributed by atoms with van der Waals surface area (Å²) in [7, 11) is -0.777. The van der Waals surface area contributed by atoms with E-state index in [1.54, 1.807) is 6.07 Å². The van der Waals surface area contributed by atoms with Crippen LogP contribution in [-0.4, -0.2) is 15.4 Å². The van der Waals surface area contributed by atoms with E-state index in [2.05, 4.69) is 42.9 Å². The van der Waals surface area contributed by atoms with Gasteiger partial charge in [-0.1, -0.05) is 66.1 Å². The molecular weight excluding hydrogens is 351 g/mol. The zero-order valence-corrected chi connectivity index (χ0v) is 15.4. The second-order valence-electron chi connectivity index (χ2n) is 5.44. The summed E-state index contributed by atoms with van der Waals surface area (Å²) in [5, 5.41) is 2.15. The fraction of sp³-hybridized carbons (Fsp3) is 0.538. The molecule has 18 heavy (non-hydrogen) atoms. The first-order valence-electron chi connectivity index (χ1n) is 5.94. The van der Waals surface area contributed by atoms with Gasteiger partial charge in [0.2, 0.25) is 0 Å². The fourth-order valence-electron chi connectivity index (χ4n) is 1.30. The summed E-state index contributed by atoms with van der Waals surface area (Å²) in [6.07, 6.45) is 0. The highest BCUT2D eigenvalue weighted by Crippen LogP contribution is 2.36. The predicted molar refractivity (Wildman–Crippen MR) is 87.5 cm³/mol. The van der Waals surface area contributed by atoms with Gasteiger partial charge >= 0.3 is 0 Å². The Balaban J connectivity index is 2.91. The summed E-state index contributed by atoms with van der Waals surface area (Å²) < 4.78 is 5.95. The van der Waals surface area contributed by atoms with Crippen LogP contribution in [0.3, 0.4) is 0 Å². The van der Waals surface area contributed by atoms with E-state index in [0.29, 0.717) is 22.0 Å². The lowest BCUT2D eigenvalue weighted by Gasteiger charge is -2.28. The quantitative estimate of drug-likeness (QED) is 0.489. The first kappa shape index (κ1) is 16.4. The van der Waals surface area contributed by atoms with Crippen molar-refractivity contribution in [2.75, 3.05) is 6.61 Å². The topological polar surface area (TPSA) is 9.23 Å². The van der Waals surface area contributed by atoms with E-state index >= 15 is 0 Å². The normalized spacial score (nSPS) is 12.0. The second kappa shape index (κ2) is 6.64. The van der Waals surface area contributed by atoms with Crippen LogP contribution in [-0.2, 0) is 5.33 Å². The van der Waals surface area contributed by atoms with Gasteiger partial charge in [0.1, 0.15) is 5.75 Å². The molecule has 0 aliphatic carbocycles. The van der Waals surface area contributed by atoms with E-state index in [9.17, 15) is 0 Å². The maximum atomic E-state index is 6.20. The number of alkyl halides is 1. The highest BCUT2D eigenvalue weighted by molar-refractivity contribution is 9.08. The first-order chi connectivity index (χ1) is 8.27. The molecular formula is C13H19BrCl2OSi. The Hall–Kier alpha value is 0.297. The van der Waals surface area contributed by atoms with Gasteiger partial charge in [-0.3, -0.25) is 0 Å². The molecule has 0 atom stereocenters. The van der Waals surface area contributed by atoms with Crippen molar-refractivity contribution in [3.8, 4) is 5.75 Å². The molecule has 0 spiro atoms. The van der Waals surface area contributed by atoms with Gasteiger partial charge in [0.05, 0.1) is 11.6 Å². The van der Waals surface area contributed by atoms with Crippen LogP contribution in [0.25, 0.3) is 0 Å². The van der Waals surface area contributed by atoms with Crippen molar-refractivity contribution < 1.29 is 4.74 Å². The molecule has 0 unspecified atom stereocenters. The van der Waals surface area contributed by atoms with Crippen molar-refractivity contribution in [2.45, 2.75) is 37.3 Å². The van der Waals surface area contributed by atoms with Crippen molar-refractivity contribution in [3.05, 3.63) is 27.7 Å². The number of hydrogen-bond acceptors (Lipinski definition) is 1. The van der Waals surface area contributed by atoms with Crippen LogP contribution in [0.5, 0.6) is 5.75 Å². The largest absolute Gasteiger partial charge is 0.491 e. The molecule has 0 saturated heterocycles. The Kier molecular flexibility index (Phi) is 6.03. The van der Waals surface area contributed by atoms with Crippen LogP contribution in [0.15, 0.2) is 12.1 Å². The Labute approximate surface area is 130 Å². The van der Waals surface area contributed by atoms with Gasteiger partial charge in [0.15, 0.2) is 0 Å². The van der Waals surface area contributed by atoms with E-state index in [-0.39, 0.29) is 5.04 Å². The van der Waals surface area contributed by atoms with Crippen molar-refractivity contribution in [1.82, 2.24) is 0 Å². The molecule has 5 heteroatoms. The third-order valence-electron chi connectivity index (χ3n) is 3.38. The summed E-state index contributed by atoms with van der Waals surface area (Å²) in [4.78, 5) is 0. The molecule has 0 heterocycles. The van der Waals surface area contributed by atoms with Crippen LogP contribution in [0.2, 0.25) is 28.2 Å². The third kappa shape index (κ3) is 4.15. The van der Waals surface area contributed by atoms with E-state index in [0.717, 1.165) is 11.3 Å². The molecule has 0 amide bonds. The van der Waals surface area contributed by atoms with Crippen LogP contribution in [0.4, 0.5) is 0 Å². The zero-order chi connectivity index (χ0) is 13.9. The van der Waals surface area contributed by atoms with Crippen molar-refractivity contribution >= 4 is 47.9 Å². The molecule has 1 nitrogen and oxygen atoms in total. The van der Waals surface area contributed by atoms with Crippen molar-refractivity contribution in [3.63, 3.8) is 0 Å². The number of ether oxygens (including phenoxy) is 1. The summed E-state index contributed by atoms with van der Waals surface area (Å²) in [6, 6.07) is 3.61. The molecule has 1 aromatic rings. The number of halogens is 3. The molecule has 1 aromatic carbocycles. The molecule has 0 aliphatic rings. The highest BCUT2D eigenvalue weighted by atomic mass is 79.9. The standard InChI is InChI=1S/C13H19BrCl2OSi/c1-13(2,18(3)4)8-17-12-9(7-14)5-10(15)6-11(12)16/h5-6,18H,7-8H2,1-4H3. The Bertz CT molecular complexity index is 422. The predicted octanol–water partition coefficient (Wildman–Crippen LogP) is 5.53. The van der Waals surface area contributed by atoms with Gasteiger partial charge in [-0.25, -0.2) is 0 Å². The van der Waals surface area contributed by atoms with E-state index in [4.69, 9.17) is 27.9 Å². The first-order valence-corrected chi connectivity index (χ1v) is 10.7. The Morgan fingerprint density at radius 1 is 1.28 bits per heavy atom. The van der Waals surface area contributed by atoms with Gasteiger partial charge < -0.3 is 4.74 Å². The fourth-order valence-corrected chi connectivity index (χ4v) is 2.72. The number of hydrogen-bond donors (Lipinski definition) is 0. The van der Waals surface area contributed by atoms with E-state index in [1.807, 2.05) is 6.07 Å². The van der Waals surface area contributed by atoms with Gasteiger partial charge in [-0.15, -0.1) is 0 Å². The number of rotatable bonds is 5. The third-order valence-corrected chi connectivity index (χ3v) is 7.78. The maximum absolute atomic E-state index is 6.20. The lowest BCUT2D eigenvalue weighted by atomic mass is 10.2. The SMILES string of the molecule is C[SiH](C)C(C)(C)COc1c(Cl)cc(Cl)cc1CBr. The molecule has 0 saturated carbocycles. The second-order valence-corrected chi connectivity index (χ2v) is 10.7. The minimum absolute atomic E-state index is 0.243. The van der Waals surface area contributed by atoms with Crippen LogP contribution >= 0.6 is 39.1 Å². The van der Waals surface area contributed by atoms with Gasteiger partial charge in [0, 0.05) is 24.7 Å². The van der Waals surface area contributed by atoms with Crippen molar-refractivity contribution in [2.24, 2.45) is 0 Å². The molecule has 0 radical (unpaired) electrons. The lowest BCUT2D eigenvalue weighted by molar-refractivity contribution is 0.275. The average molecular weight is 370 g/mol. The molecule has 0 aromatic heterocycles. The monoisotopic (exact) mass is 368 g/mol. The molecule has 0 fully saturated rings. The molecule has 0 aliphatic heterocycles. The van der Waals surface area contributed by atoms with Gasteiger partial charge in [0.25, 0.3) is 0 Å². The Morgan fingerprint density at radius 3 is 2.39 bits per heavy atom. The van der Waals surface area contributed by atoms with Crippen LogP contribution in [0, 0.1) is 0 Å². The summed E-state index contributed by atoms with van der Waals surface area (Å²) in [5.74, 6) is 0.751. The summed E-state index contributed by atoms with van der Waals surface area (Å²) in [6.45, 7) is 9.86. The summed E-state index contributed by atoms with van der Waals surface area (Å²) >= 11 is 15.6. The van der Waals surface area contributed by atoms with Crippen LogP contribution < -0.4 is 4.74 Å². The molecule has 1 rings (SSSR count). The minimum Gasteiger partial charge on any atom is -0.491 e. The average Bonchev–Trinajstić information content (AvgIpc) is 2.26. The molecule has 0 bridgehead atoms. The minimum atomic E-state index is -0.777. The lowest BCUT2D eigenvalue weighted by Crippen LogP contribution is -2.27. The van der Waals surface area contributed by atoms with E-state index < -0.39 is 8.80 Å². The summed E-state index contributed by atoms with van der Waals surface area (Å²) in [5.41, 5.74) is 0.994. The van der Waals surface area contributed by atoms with Crippen LogP contribution in [0.1, 0.15) is 19.4 Å². The smallest absolute Gasteiger partial charge is 0.142 e. The number of benzene rings is 1. The van der Waals surface area contributed by atoms with Crippen molar-refractivity contribution in [1.29, 1.82) is 0 Å². The molecule has 0 N–H and O–H groups in total.